The van der Waals surface area contributed by atoms with Gasteiger partial charge in [-0.2, -0.15) is 0 Å². The molecule has 22 heavy (non-hydrogen) atoms. The average Bonchev–Trinajstić information content (AvgIpc) is 3.14. The summed E-state index contributed by atoms with van der Waals surface area (Å²) in [6.45, 7) is 9.19. The van der Waals surface area contributed by atoms with Crippen LogP contribution < -0.4 is 4.90 Å². The Kier molecular flexibility index (Phi) is 3.33. The van der Waals surface area contributed by atoms with E-state index < -0.39 is 0 Å². The van der Waals surface area contributed by atoms with Crippen LogP contribution in [0.2, 0.25) is 0 Å². The number of oxazole rings is 1. The Morgan fingerprint density at radius 3 is 2.50 bits per heavy atom. The molecule has 2 aliphatic rings. The van der Waals surface area contributed by atoms with E-state index in [0.29, 0.717) is 11.8 Å². The van der Waals surface area contributed by atoms with Crippen molar-refractivity contribution < 1.29 is 4.42 Å². The first-order valence-corrected chi connectivity index (χ1v) is 7.84. The van der Waals surface area contributed by atoms with Crippen molar-refractivity contribution in [1.29, 1.82) is 0 Å². The highest BCUT2D eigenvalue weighted by Gasteiger charge is 2.40. The molecule has 2 aromatic rings. The van der Waals surface area contributed by atoms with E-state index in [4.69, 9.17) is 4.42 Å². The van der Waals surface area contributed by atoms with Crippen molar-refractivity contribution in [3.8, 4) is 0 Å². The first kappa shape index (κ1) is 13.7. The van der Waals surface area contributed by atoms with Crippen LogP contribution in [0.15, 0.2) is 23.0 Å². The molecular weight excluding hydrogens is 278 g/mol. The van der Waals surface area contributed by atoms with Gasteiger partial charge in [0.1, 0.15) is 17.9 Å². The number of fused-ring (bicyclic) bond motifs is 1. The lowest BCUT2D eigenvalue weighted by Crippen LogP contribution is -2.29. The van der Waals surface area contributed by atoms with Crippen LogP contribution in [0.4, 0.5) is 5.82 Å². The molecule has 0 aliphatic carbocycles. The van der Waals surface area contributed by atoms with Crippen molar-refractivity contribution in [3.63, 3.8) is 0 Å². The number of rotatable bonds is 3. The number of aryl methyl sites for hydroxylation is 2. The van der Waals surface area contributed by atoms with Gasteiger partial charge < -0.3 is 9.32 Å². The molecule has 2 unspecified atom stereocenters. The van der Waals surface area contributed by atoms with Crippen LogP contribution >= 0.6 is 0 Å². The lowest BCUT2D eigenvalue weighted by atomic mass is 10.0. The Bertz CT molecular complexity index is 656. The van der Waals surface area contributed by atoms with Crippen molar-refractivity contribution >= 4 is 5.82 Å². The number of likely N-dealkylation sites (tertiary alicyclic amines) is 1. The summed E-state index contributed by atoms with van der Waals surface area (Å²) in [5, 5.41) is 0. The van der Waals surface area contributed by atoms with Crippen molar-refractivity contribution in [3.05, 3.63) is 35.9 Å². The van der Waals surface area contributed by atoms with Gasteiger partial charge in [-0.1, -0.05) is 0 Å². The highest BCUT2D eigenvalue weighted by molar-refractivity contribution is 5.40. The van der Waals surface area contributed by atoms with Crippen LogP contribution in [-0.2, 0) is 6.54 Å². The van der Waals surface area contributed by atoms with Crippen LogP contribution in [0.5, 0.6) is 0 Å². The third kappa shape index (κ3) is 2.59. The molecule has 6 nitrogen and oxygen atoms in total. The van der Waals surface area contributed by atoms with E-state index in [1.165, 1.54) is 0 Å². The summed E-state index contributed by atoms with van der Waals surface area (Å²) in [7, 11) is 0. The van der Waals surface area contributed by atoms with Crippen LogP contribution in [0, 0.1) is 25.7 Å². The third-order valence-electron chi connectivity index (χ3n) is 4.70. The zero-order chi connectivity index (χ0) is 15.1. The molecule has 116 valence electrons. The standard InChI is InChI=1S/C16H21N5O/c1-11-3-15(19-10-18-11)21-7-13-5-20(6-14(13)8-21)9-16-17-4-12(2)22-16/h3-4,10,13-14H,5-9H2,1-2H3. The Hall–Kier alpha value is -1.95. The highest BCUT2D eigenvalue weighted by atomic mass is 16.4. The minimum absolute atomic E-state index is 0.714. The second-order valence-corrected chi connectivity index (χ2v) is 6.50. The van der Waals surface area contributed by atoms with E-state index >= 15 is 0 Å². The van der Waals surface area contributed by atoms with Crippen molar-refractivity contribution in [2.24, 2.45) is 11.8 Å². The quantitative estimate of drug-likeness (QED) is 0.859. The first-order valence-electron chi connectivity index (χ1n) is 7.84. The normalized spacial score (nSPS) is 24.9. The smallest absolute Gasteiger partial charge is 0.208 e. The van der Waals surface area contributed by atoms with Gasteiger partial charge >= 0.3 is 0 Å². The zero-order valence-electron chi connectivity index (χ0n) is 13.1. The topological polar surface area (TPSA) is 58.3 Å². The van der Waals surface area contributed by atoms with Crippen LogP contribution in [0.3, 0.4) is 0 Å². The molecule has 0 N–H and O–H groups in total. The number of nitrogens with zero attached hydrogens (tertiary/aromatic N) is 5. The Morgan fingerprint density at radius 2 is 1.86 bits per heavy atom. The van der Waals surface area contributed by atoms with E-state index in [9.17, 15) is 0 Å². The largest absolute Gasteiger partial charge is 0.445 e. The number of hydrogen-bond acceptors (Lipinski definition) is 6. The Labute approximate surface area is 130 Å². The second kappa shape index (κ2) is 5.35. The van der Waals surface area contributed by atoms with Crippen molar-refractivity contribution in [1.82, 2.24) is 19.9 Å². The molecule has 2 aliphatic heterocycles. The fourth-order valence-electron chi connectivity index (χ4n) is 3.69. The van der Waals surface area contributed by atoms with E-state index in [2.05, 4.69) is 30.8 Å². The lowest BCUT2D eigenvalue weighted by molar-refractivity contribution is 0.271. The minimum atomic E-state index is 0.714. The molecule has 0 amide bonds. The molecule has 0 spiro atoms. The molecule has 2 aromatic heterocycles. The van der Waals surface area contributed by atoms with E-state index in [0.717, 1.165) is 55.9 Å². The number of aromatic nitrogens is 3. The molecule has 6 heteroatoms. The molecule has 0 aromatic carbocycles. The second-order valence-electron chi connectivity index (χ2n) is 6.50. The zero-order valence-corrected chi connectivity index (χ0v) is 13.1. The summed E-state index contributed by atoms with van der Waals surface area (Å²) < 4.78 is 5.59. The fraction of sp³-hybridized carbons (Fsp3) is 0.562. The Balaban J connectivity index is 1.38. The van der Waals surface area contributed by atoms with Crippen LogP contribution in [-0.4, -0.2) is 46.0 Å². The molecular formula is C16H21N5O. The summed E-state index contributed by atoms with van der Waals surface area (Å²) in [6, 6.07) is 2.08. The molecule has 2 atom stereocenters. The predicted octanol–water partition coefficient (Wildman–Crippen LogP) is 1.65. The van der Waals surface area contributed by atoms with Gasteiger partial charge in [-0.05, 0) is 25.7 Å². The third-order valence-corrected chi connectivity index (χ3v) is 4.70. The predicted molar refractivity (Wildman–Crippen MR) is 82.5 cm³/mol. The van der Waals surface area contributed by atoms with Gasteiger partial charge in [0.15, 0.2) is 0 Å². The molecule has 0 radical (unpaired) electrons. The summed E-state index contributed by atoms with van der Waals surface area (Å²) >= 11 is 0. The van der Waals surface area contributed by atoms with Crippen LogP contribution in [0.25, 0.3) is 0 Å². The van der Waals surface area contributed by atoms with Gasteiger partial charge in [0, 0.05) is 37.9 Å². The summed E-state index contributed by atoms with van der Waals surface area (Å²) in [5.41, 5.74) is 1.03. The molecule has 2 fully saturated rings. The maximum Gasteiger partial charge on any atom is 0.208 e. The van der Waals surface area contributed by atoms with Gasteiger partial charge in [0.2, 0.25) is 5.89 Å². The van der Waals surface area contributed by atoms with Crippen molar-refractivity contribution in [2.45, 2.75) is 20.4 Å². The van der Waals surface area contributed by atoms with E-state index in [1.54, 1.807) is 12.5 Å². The Morgan fingerprint density at radius 1 is 1.09 bits per heavy atom. The maximum atomic E-state index is 5.59. The van der Waals surface area contributed by atoms with Gasteiger partial charge in [-0.3, -0.25) is 4.90 Å². The molecule has 0 bridgehead atoms. The molecule has 0 saturated carbocycles. The summed E-state index contributed by atoms with van der Waals surface area (Å²) in [6.07, 6.45) is 3.46. The fourth-order valence-corrected chi connectivity index (χ4v) is 3.69. The SMILES string of the molecule is Cc1cc(N2CC3CN(Cc4ncc(C)o4)CC3C2)ncn1. The first-order chi connectivity index (χ1) is 10.7. The minimum Gasteiger partial charge on any atom is -0.445 e. The maximum absolute atomic E-state index is 5.59. The molecule has 4 rings (SSSR count). The summed E-state index contributed by atoms with van der Waals surface area (Å²) in [5.74, 6) is 4.22. The van der Waals surface area contributed by atoms with Gasteiger partial charge in [-0.15, -0.1) is 0 Å². The van der Waals surface area contributed by atoms with Gasteiger partial charge in [0.05, 0.1) is 12.7 Å². The van der Waals surface area contributed by atoms with E-state index in [1.807, 2.05) is 13.8 Å². The molecule has 4 heterocycles. The highest BCUT2D eigenvalue weighted by Crippen LogP contribution is 2.33. The van der Waals surface area contributed by atoms with Gasteiger partial charge in [0.25, 0.3) is 0 Å². The van der Waals surface area contributed by atoms with E-state index in [-0.39, 0.29) is 0 Å². The van der Waals surface area contributed by atoms with Crippen molar-refractivity contribution in [2.75, 3.05) is 31.1 Å². The van der Waals surface area contributed by atoms with Crippen LogP contribution in [0.1, 0.15) is 17.3 Å². The number of hydrogen-bond donors (Lipinski definition) is 0. The summed E-state index contributed by atoms with van der Waals surface area (Å²) in [4.78, 5) is 17.8. The molecule has 2 saturated heterocycles. The number of anilines is 1. The average molecular weight is 299 g/mol. The monoisotopic (exact) mass is 299 g/mol. The van der Waals surface area contributed by atoms with Gasteiger partial charge in [-0.25, -0.2) is 15.0 Å². The lowest BCUT2D eigenvalue weighted by Gasteiger charge is -2.21.